The summed E-state index contributed by atoms with van der Waals surface area (Å²) >= 11 is 6.17. The third-order valence-electron chi connectivity index (χ3n) is 6.10. The number of hydrogen-bond donors (Lipinski definition) is 0. The maximum atomic E-state index is 13.0. The Balaban J connectivity index is 1.42. The van der Waals surface area contributed by atoms with Gasteiger partial charge in [-0.2, -0.15) is 0 Å². The van der Waals surface area contributed by atoms with Gasteiger partial charge in [0.1, 0.15) is 6.33 Å². The first kappa shape index (κ1) is 24.7. The average Bonchev–Trinajstić information content (AvgIpc) is 3.19. The van der Waals surface area contributed by atoms with Crippen LogP contribution in [0.1, 0.15) is 44.4 Å². The number of para-hydroxylation sites is 1. The van der Waals surface area contributed by atoms with Gasteiger partial charge in [0, 0.05) is 24.7 Å². The van der Waals surface area contributed by atoms with Crippen molar-refractivity contribution in [3.05, 3.63) is 65.2 Å². The van der Waals surface area contributed by atoms with E-state index in [9.17, 15) is 4.79 Å². The highest BCUT2D eigenvalue weighted by Crippen LogP contribution is 2.32. The van der Waals surface area contributed by atoms with Crippen molar-refractivity contribution >= 4 is 17.7 Å². The van der Waals surface area contributed by atoms with Gasteiger partial charge in [0.2, 0.25) is 11.8 Å². The molecule has 184 valence electrons. The number of benzene rings is 1. The molecule has 8 nitrogen and oxygen atoms in total. The lowest BCUT2D eigenvalue weighted by atomic mass is 10.1. The van der Waals surface area contributed by atoms with Gasteiger partial charge in [-0.3, -0.25) is 4.98 Å². The maximum absolute atomic E-state index is 13.0. The fourth-order valence-electron chi connectivity index (χ4n) is 4.25. The molecule has 1 aromatic carbocycles. The quantitative estimate of drug-likeness (QED) is 0.388. The second kappa shape index (κ2) is 10.9. The Hall–Kier alpha value is -3.39. The predicted molar refractivity (Wildman–Crippen MR) is 132 cm³/mol. The van der Waals surface area contributed by atoms with E-state index >= 15 is 0 Å². The number of hydrogen-bond acceptors (Lipinski definition) is 7. The molecule has 3 atom stereocenters. The summed E-state index contributed by atoms with van der Waals surface area (Å²) in [4.78, 5) is 27.6. The minimum atomic E-state index is -0.402. The Morgan fingerprint density at radius 1 is 1.09 bits per heavy atom. The Kier molecular flexibility index (Phi) is 7.70. The van der Waals surface area contributed by atoms with Crippen LogP contribution in [-0.2, 0) is 0 Å². The zero-order valence-corrected chi connectivity index (χ0v) is 21.0. The van der Waals surface area contributed by atoms with Gasteiger partial charge in [0.05, 0.1) is 22.4 Å². The Morgan fingerprint density at radius 2 is 1.83 bits per heavy atom. The van der Waals surface area contributed by atoms with E-state index in [1.165, 1.54) is 6.33 Å². The highest BCUT2D eigenvalue weighted by molar-refractivity contribution is 6.32. The lowest BCUT2D eigenvalue weighted by Gasteiger charge is -2.29. The number of nitrogens with zero attached hydrogens (tertiary/aromatic N) is 4. The van der Waals surface area contributed by atoms with Crippen LogP contribution >= 0.6 is 11.6 Å². The summed E-state index contributed by atoms with van der Waals surface area (Å²) < 4.78 is 17.7. The summed E-state index contributed by atoms with van der Waals surface area (Å²) in [6.07, 6.45) is 4.91. The molecule has 1 aliphatic heterocycles. The van der Waals surface area contributed by atoms with Gasteiger partial charge in [-0.1, -0.05) is 23.7 Å². The second-order valence-electron chi connectivity index (χ2n) is 8.75. The number of ether oxygens (including phenoxy) is 3. The van der Waals surface area contributed by atoms with Crippen LogP contribution in [0.4, 0.5) is 4.79 Å². The van der Waals surface area contributed by atoms with E-state index in [2.05, 4.69) is 15.0 Å². The van der Waals surface area contributed by atoms with Crippen LogP contribution in [-0.4, -0.2) is 44.1 Å². The van der Waals surface area contributed by atoms with Crippen molar-refractivity contribution < 1.29 is 19.0 Å². The molecular formula is C26H29ClN4O4. The lowest BCUT2D eigenvalue weighted by Crippen LogP contribution is -2.43. The molecule has 0 N–H and O–H groups in total. The molecule has 3 aromatic rings. The van der Waals surface area contributed by atoms with Crippen LogP contribution in [0.5, 0.6) is 23.3 Å². The number of amides is 1. The molecule has 0 bridgehead atoms. The number of halogens is 1. The summed E-state index contributed by atoms with van der Waals surface area (Å²) in [5, 5.41) is 0.402. The van der Waals surface area contributed by atoms with Gasteiger partial charge in [-0.05, 0) is 64.8 Å². The van der Waals surface area contributed by atoms with E-state index in [-0.39, 0.29) is 18.2 Å². The van der Waals surface area contributed by atoms with E-state index in [1.807, 2.05) is 39.8 Å². The van der Waals surface area contributed by atoms with Gasteiger partial charge in [-0.25, -0.2) is 14.8 Å². The minimum absolute atomic E-state index is 0.0223. The van der Waals surface area contributed by atoms with Crippen LogP contribution in [0.15, 0.2) is 48.9 Å². The predicted octanol–water partition coefficient (Wildman–Crippen LogP) is 6.14. The molecule has 0 radical (unpaired) electrons. The molecule has 35 heavy (non-hydrogen) atoms. The molecule has 1 amide bonds. The van der Waals surface area contributed by atoms with Gasteiger partial charge >= 0.3 is 6.09 Å². The first-order valence-corrected chi connectivity index (χ1v) is 12.0. The summed E-state index contributed by atoms with van der Waals surface area (Å²) in [7, 11) is 0. The monoisotopic (exact) mass is 496 g/mol. The van der Waals surface area contributed by atoms with E-state index in [1.54, 1.807) is 35.4 Å². The Bertz CT molecular complexity index is 1190. The number of pyridine rings is 1. The summed E-state index contributed by atoms with van der Waals surface area (Å²) in [6, 6.07) is 10.6. The highest BCUT2D eigenvalue weighted by atomic mass is 35.5. The Labute approximate surface area is 210 Å². The number of carbonyl (C=O) groups is 1. The van der Waals surface area contributed by atoms with Gasteiger partial charge in [-0.15, -0.1) is 0 Å². The third kappa shape index (κ3) is 5.82. The normalized spacial score (nSPS) is 18.3. The second-order valence-corrected chi connectivity index (χ2v) is 9.16. The number of rotatable bonds is 7. The smallest absolute Gasteiger partial charge is 0.415 e. The number of carbonyl (C=O) groups excluding carboxylic acids is 1. The summed E-state index contributed by atoms with van der Waals surface area (Å²) in [5.41, 5.74) is 1.46. The van der Waals surface area contributed by atoms with Crippen molar-refractivity contribution in [3.8, 4) is 23.3 Å². The molecular weight excluding hydrogens is 468 g/mol. The minimum Gasteiger partial charge on any atom is -0.474 e. The molecule has 0 spiro atoms. The summed E-state index contributed by atoms with van der Waals surface area (Å²) in [6.45, 7) is 7.72. The van der Waals surface area contributed by atoms with Crippen LogP contribution in [0.25, 0.3) is 0 Å². The fraction of sp³-hybridized carbons (Fsp3) is 0.385. The molecule has 0 saturated carbocycles. The molecule has 4 rings (SSSR count). The fourth-order valence-corrected chi connectivity index (χ4v) is 4.42. The van der Waals surface area contributed by atoms with Crippen molar-refractivity contribution in [3.63, 3.8) is 0 Å². The number of aryl methyl sites for hydroxylation is 1. The molecule has 2 aromatic heterocycles. The largest absolute Gasteiger partial charge is 0.474 e. The molecule has 2 unspecified atom stereocenters. The van der Waals surface area contributed by atoms with Crippen molar-refractivity contribution in [2.24, 2.45) is 0 Å². The van der Waals surface area contributed by atoms with Crippen LogP contribution in [0, 0.1) is 13.8 Å². The Morgan fingerprint density at radius 3 is 2.60 bits per heavy atom. The maximum Gasteiger partial charge on any atom is 0.415 e. The molecule has 1 aliphatic rings. The van der Waals surface area contributed by atoms with Crippen LogP contribution in [0.3, 0.4) is 0 Å². The van der Waals surface area contributed by atoms with Crippen molar-refractivity contribution in [1.29, 1.82) is 0 Å². The SMILES string of the molecule is Cc1ncccc1Oc1ncnc(O[C@H](C)CC2CCC(C)N2C(=O)Oc2ccccc2Cl)c1C. The average molecular weight is 497 g/mol. The molecule has 0 aliphatic carbocycles. The number of aromatic nitrogens is 3. The van der Waals surface area contributed by atoms with Gasteiger partial charge in [0.15, 0.2) is 11.5 Å². The molecule has 1 fully saturated rings. The first-order chi connectivity index (χ1) is 16.8. The van der Waals surface area contributed by atoms with Crippen LogP contribution < -0.4 is 14.2 Å². The van der Waals surface area contributed by atoms with Gasteiger partial charge < -0.3 is 19.1 Å². The van der Waals surface area contributed by atoms with E-state index in [4.69, 9.17) is 25.8 Å². The zero-order valence-electron chi connectivity index (χ0n) is 20.3. The van der Waals surface area contributed by atoms with Crippen molar-refractivity contribution in [2.45, 2.75) is 65.1 Å². The summed E-state index contributed by atoms with van der Waals surface area (Å²) in [5.74, 6) is 1.84. The van der Waals surface area contributed by atoms with E-state index in [0.717, 1.165) is 18.5 Å². The van der Waals surface area contributed by atoms with E-state index < -0.39 is 6.09 Å². The molecule has 9 heteroatoms. The molecule has 3 heterocycles. The van der Waals surface area contributed by atoms with E-state index in [0.29, 0.717) is 40.3 Å². The topological polar surface area (TPSA) is 86.7 Å². The number of likely N-dealkylation sites (tertiary alicyclic amines) is 1. The standard InChI is InChI=1S/C26H29ClN4O4/c1-16-11-12-20(31(16)26(32)35-23-9-6-5-8-21(23)27)14-17(2)33-24-18(3)25(30-15-29-24)34-22-10-7-13-28-19(22)4/h5-10,13,15-17,20H,11-12,14H2,1-4H3/t16?,17-,20?/m1/s1. The highest BCUT2D eigenvalue weighted by Gasteiger charge is 2.37. The lowest BCUT2D eigenvalue weighted by molar-refractivity contribution is 0.110. The van der Waals surface area contributed by atoms with Crippen LogP contribution in [0.2, 0.25) is 5.02 Å². The van der Waals surface area contributed by atoms with Gasteiger partial charge in [0.25, 0.3) is 0 Å². The third-order valence-corrected chi connectivity index (χ3v) is 6.42. The molecule has 1 saturated heterocycles. The van der Waals surface area contributed by atoms with Crippen molar-refractivity contribution in [2.75, 3.05) is 0 Å². The van der Waals surface area contributed by atoms with Crippen molar-refractivity contribution in [1.82, 2.24) is 19.9 Å². The first-order valence-electron chi connectivity index (χ1n) is 11.7. The zero-order chi connectivity index (χ0) is 24.9.